The highest BCUT2D eigenvalue weighted by Gasteiger charge is 2.31. The molecule has 0 aromatic heterocycles. The molecule has 1 N–H and O–H groups in total. The van der Waals surface area contributed by atoms with Gasteiger partial charge in [-0.2, -0.15) is 13.2 Å². The van der Waals surface area contributed by atoms with Gasteiger partial charge in [-0.15, -0.1) is 0 Å². The van der Waals surface area contributed by atoms with Crippen molar-refractivity contribution >= 4 is 11.7 Å². The van der Waals surface area contributed by atoms with E-state index in [9.17, 15) is 18.0 Å². The summed E-state index contributed by atoms with van der Waals surface area (Å²) in [4.78, 5) is 16.2. The average molecular weight is 437 g/mol. The summed E-state index contributed by atoms with van der Waals surface area (Å²) >= 11 is 0. The summed E-state index contributed by atoms with van der Waals surface area (Å²) in [6.45, 7) is 3.62. The van der Waals surface area contributed by atoms with Crippen molar-refractivity contribution in [2.75, 3.05) is 45.3 Å². The van der Waals surface area contributed by atoms with Crippen LogP contribution in [0.4, 0.5) is 23.7 Å². The molecule has 0 saturated carbocycles. The van der Waals surface area contributed by atoms with Crippen LogP contribution in [0.2, 0.25) is 0 Å². The minimum absolute atomic E-state index is 0.217. The molecule has 168 valence electrons. The Kier molecular flexibility index (Phi) is 6.82. The summed E-state index contributed by atoms with van der Waals surface area (Å²) in [7, 11) is 3.11. The van der Waals surface area contributed by atoms with Gasteiger partial charge in [0, 0.05) is 31.9 Å². The van der Waals surface area contributed by atoms with E-state index >= 15 is 0 Å². The number of hydrogen-bond donors (Lipinski definition) is 1. The van der Waals surface area contributed by atoms with Crippen LogP contribution in [0, 0.1) is 0 Å². The number of ether oxygens (including phenoxy) is 2. The summed E-state index contributed by atoms with van der Waals surface area (Å²) in [5.74, 6) is 1.19. The maximum atomic E-state index is 13.0. The van der Waals surface area contributed by atoms with Crippen molar-refractivity contribution in [2.45, 2.75) is 19.1 Å². The van der Waals surface area contributed by atoms with Gasteiger partial charge in [-0.05, 0) is 42.8 Å². The maximum Gasteiger partial charge on any atom is 0.416 e. The van der Waals surface area contributed by atoms with Gasteiger partial charge in [0.1, 0.15) is 0 Å². The Hall–Kier alpha value is -3.10. The molecule has 2 aromatic rings. The van der Waals surface area contributed by atoms with Crippen LogP contribution in [0.5, 0.6) is 11.5 Å². The first-order valence-corrected chi connectivity index (χ1v) is 9.92. The largest absolute Gasteiger partial charge is 0.493 e. The Balaban J connectivity index is 1.58. The number of halogens is 3. The summed E-state index contributed by atoms with van der Waals surface area (Å²) in [6.07, 6.45) is -4.38. The zero-order valence-electron chi connectivity index (χ0n) is 17.7. The summed E-state index contributed by atoms with van der Waals surface area (Å²) in [5.41, 5.74) is 0.705. The fourth-order valence-corrected chi connectivity index (χ4v) is 3.53. The molecule has 0 aliphatic carbocycles. The van der Waals surface area contributed by atoms with Gasteiger partial charge in [-0.25, -0.2) is 4.79 Å². The quantitative estimate of drug-likeness (QED) is 0.757. The molecule has 1 aliphatic heterocycles. The molecule has 2 aromatic carbocycles. The van der Waals surface area contributed by atoms with Gasteiger partial charge in [-0.3, -0.25) is 0 Å². The normalized spacial score (nSPS) is 15.4. The van der Waals surface area contributed by atoms with E-state index in [0.29, 0.717) is 43.4 Å². The van der Waals surface area contributed by atoms with Crippen LogP contribution in [0.25, 0.3) is 0 Å². The van der Waals surface area contributed by atoms with Gasteiger partial charge in [-0.1, -0.05) is 12.1 Å². The Morgan fingerprint density at radius 3 is 2.29 bits per heavy atom. The zero-order chi connectivity index (χ0) is 22.6. The minimum Gasteiger partial charge on any atom is -0.493 e. The molecule has 0 spiro atoms. The van der Waals surface area contributed by atoms with Crippen molar-refractivity contribution in [3.05, 3.63) is 53.6 Å². The summed E-state index contributed by atoms with van der Waals surface area (Å²) in [5, 5.41) is 2.96. The number of piperazine rings is 1. The van der Waals surface area contributed by atoms with Crippen LogP contribution >= 0.6 is 0 Å². The molecule has 9 heteroatoms. The van der Waals surface area contributed by atoms with Crippen LogP contribution < -0.4 is 19.7 Å². The number of nitrogens with zero attached hydrogens (tertiary/aromatic N) is 2. The number of anilines is 1. The van der Waals surface area contributed by atoms with Gasteiger partial charge in [0.25, 0.3) is 0 Å². The number of alkyl halides is 3. The number of nitrogens with one attached hydrogen (secondary N) is 1. The molecule has 1 atom stereocenters. The second kappa shape index (κ2) is 9.36. The Morgan fingerprint density at radius 1 is 1.00 bits per heavy atom. The highest BCUT2D eigenvalue weighted by molar-refractivity contribution is 5.75. The number of carbonyl (C=O) groups is 1. The average Bonchev–Trinajstić information content (AvgIpc) is 2.78. The smallest absolute Gasteiger partial charge is 0.416 e. The van der Waals surface area contributed by atoms with Crippen LogP contribution in [0.1, 0.15) is 24.1 Å². The SMILES string of the molecule is COc1ccc(C(C)NC(=O)N2CCN(c3cccc(C(F)(F)F)c3)CC2)cc1OC. The molecule has 0 radical (unpaired) electrons. The molecule has 1 aliphatic rings. The number of hydrogen-bond acceptors (Lipinski definition) is 4. The standard InChI is InChI=1S/C22H26F3N3O3/c1-15(16-7-8-19(30-2)20(13-16)31-3)26-21(29)28-11-9-27(10-12-28)18-6-4-5-17(14-18)22(23,24)25/h4-8,13-15H,9-12H2,1-3H3,(H,26,29). The summed E-state index contributed by atoms with van der Waals surface area (Å²) in [6, 6.07) is 10.3. The van der Waals surface area contributed by atoms with E-state index in [2.05, 4.69) is 5.32 Å². The lowest BCUT2D eigenvalue weighted by molar-refractivity contribution is -0.137. The number of benzene rings is 2. The van der Waals surface area contributed by atoms with Gasteiger partial charge in [0.15, 0.2) is 11.5 Å². The summed E-state index contributed by atoms with van der Waals surface area (Å²) < 4.78 is 49.4. The van der Waals surface area contributed by atoms with Crippen molar-refractivity contribution in [1.29, 1.82) is 0 Å². The van der Waals surface area contributed by atoms with E-state index in [1.165, 1.54) is 6.07 Å². The Labute approximate surface area is 179 Å². The monoisotopic (exact) mass is 437 g/mol. The second-order valence-corrected chi connectivity index (χ2v) is 7.31. The van der Waals surface area contributed by atoms with E-state index in [1.54, 1.807) is 31.3 Å². The van der Waals surface area contributed by atoms with Gasteiger partial charge < -0.3 is 24.6 Å². The first-order valence-electron chi connectivity index (χ1n) is 9.92. The molecular weight excluding hydrogens is 411 g/mol. The molecule has 31 heavy (non-hydrogen) atoms. The topological polar surface area (TPSA) is 54.0 Å². The minimum atomic E-state index is -4.38. The molecule has 2 amide bonds. The van der Waals surface area contributed by atoms with Crippen LogP contribution in [0.3, 0.4) is 0 Å². The number of rotatable bonds is 5. The highest BCUT2D eigenvalue weighted by Crippen LogP contribution is 2.32. The molecule has 1 unspecified atom stereocenters. The van der Waals surface area contributed by atoms with Crippen molar-refractivity contribution in [2.24, 2.45) is 0 Å². The lowest BCUT2D eigenvalue weighted by atomic mass is 10.1. The van der Waals surface area contributed by atoms with Crippen LogP contribution in [-0.2, 0) is 6.18 Å². The predicted molar refractivity (Wildman–Crippen MR) is 112 cm³/mol. The molecule has 1 heterocycles. The fourth-order valence-electron chi connectivity index (χ4n) is 3.53. The van der Waals surface area contributed by atoms with Crippen LogP contribution in [0.15, 0.2) is 42.5 Å². The van der Waals surface area contributed by atoms with E-state index in [1.807, 2.05) is 24.0 Å². The fraction of sp³-hybridized carbons (Fsp3) is 0.409. The molecular formula is C22H26F3N3O3. The predicted octanol–water partition coefficient (Wildman–Crippen LogP) is 4.32. The van der Waals surface area contributed by atoms with E-state index < -0.39 is 11.7 Å². The number of urea groups is 1. The molecule has 1 saturated heterocycles. The van der Waals surface area contributed by atoms with Crippen molar-refractivity contribution < 1.29 is 27.4 Å². The lowest BCUT2D eigenvalue weighted by Gasteiger charge is -2.36. The number of amides is 2. The lowest BCUT2D eigenvalue weighted by Crippen LogP contribution is -2.52. The van der Waals surface area contributed by atoms with Crippen molar-refractivity contribution in [3.8, 4) is 11.5 Å². The second-order valence-electron chi connectivity index (χ2n) is 7.31. The number of methoxy groups -OCH3 is 2. The Bertz CT molecular complexity index is 912. The third kappa shape index (κ3) is 5.34. The first-order chi connectivity index (χ1) is 14.7. The third-order valence-corrected chi connectivity index (χ3v) is 5.35. The third-order valence-electron chi connectivity index (χ3n) is 5.35. The van der Waals surface area contributed by atoms with Gasteiger partial charge >= 0.3 is 12.2 Å². The highest BCUT2D eigenvalue weighted by atomic mass is 19.4. The molecule has 0 bridgehead atoms. The van der Waals surface area contributed by atoms with E-state index in [4.69, 9.17) is 9.47 Å². The Morgan fingerprint density at radius 2 is 1.68 bits per heavy atom. The van der Waals surface area contributed by atoms with Crippen molar-refractivity contribution in [1.82, 2.24) is 10.2 Å². The maximum absolute atomic E-state index is 13.0. The molecule has 6 nitrogen and oxygen atoms in total. The number of carbonyl (C=O) groups excluding carboxylic acids is 1. The first kappa shape index (κ1) is 22.6. The van der Waals surface area contributed by atoms with Gasteiger partial charge in [0.05, 0.1) is 25.8 Å². The molecule has 1 fully saturated rings. The van der Waals surface area contributed by atoms with Crippen LogP contribution in [-0.4, -0.2) is 51.3 Å². The molecule has 3 rings (SSSR count). The van der Waals surface area contributed by atoms with E-state index in [-0.39, 0.29) is 12.1 Å². The van der Waals surface area contributed by atoms with Crippen molar-refractivity contribution in [3.63, 3.8) is 0 Å². The zero-order valence-corrected chi connectivity index (χ0v) is 17.7. The van der Waals surface area contributed by atoms with Gasteiger partial charge in [0.2, 0.25) is 0 Å². The van der Waals surface area contributed by atoms with E-state index in [0.717, 1.165) is 17.7 Å².